The summed E-state index contributed by atoms with van der Waals surface area (Å²) in [6.07, 6.45) is -1.02. The van der Waals surface area contributed by atoms with Crippen LogP contribution in [0.2, 0.25) is 0 Å². The highest BCUT2D eigenvalue weighted by molar-refractivity contribution is 5.96. The lowest BCUT2D eigenvalue weighted by molar-refractivity contribution is -0.160. The number of hydrogen-bond acceptors (Lipinski definition) is 3. The number of carbonyl (C=O) groups is 2. The maximum Gasteiger partial charge on any atom is 0.256 e. The third kappa shape index (κ3) is 3.66. The standard InChI is InChI=1S/C18H16F2N2O3/c1-22-15(23)10-25-17(16(22)11-3-2-4-13(20)9-11)18(24)21-14-7-5-12(19)6-8-14/h2-9,16-17H,10H2,1H3,(H,21,24). The Morgan fingerprint density at radius 1 is 1.16 bits per heavy atom. The zero-order valence-corrected chi connectivity index (χ0v) is 13.4. The summed E-state index contributed by atoms with van der Waals surface area (Å²) >= 11 is 0. The average molecular weight is 346 g/mol. The second kappa shape index (κ2) is 6.98. The summed E-state index contributed by atoms with van der Waals surface area (Å²) in [4.78, 5) is 25.9. The minimum absolute atomic E-state index is 0.246. The summed E-state index contributed by atoms with van der Waals surface area (Å²) in [5.41, 5.74) is 0.849. The van der Waals surface area contributed by atoms with Crippen LogP contribution in [0.1, 0.15) is 11.6 Å². The molecule has 1 N–H and O–H groups in total. The molecule has 25 heavy (non-hydrogen) atoms. The van der Waals surface area contributed by atoms with Gasteiger partial charge in [-0.05, 0) is 42.0 Å². The molecule has 130 valence electrons. The van der Waals surface area contributed by atoms with Gasteiger partial charge in [0.05, 0.1) is 6.04 Å². The Morgan fingerprint density at radius 2 is 1.88 bits per heavy atom. The molecule has 1 saturated heterocycles. The lowest BCUT2D eigenvalue weighted by Crippen LogP contribution is -2.51. The van der Waals surface area contributed by atoms with Crippen LogP contribution >= 0.6 is 0 Å². The molecule has 1 heterocycles. The zero-order chi connectivity index (χ0) is 18.0. The first-order valence-electron chi connectivity index (χ1n) is 7.65. The van der Waals surface area contributed by atoms with E-state index >= 15 is 0 Å². The van der Waals surface area contributed by atoms with Crippen molar-refractivity contribution >= 4 is 17.5 Å². The van der Waals surface area contributed by atoms with Gasteiger partial charge in [-0.2, -0.15) is 0 Å². The van der Waals surface area contributed by atoms with Crippen LogP contribution in [0, 0.1) is 11.6 Å². The molecule has 0 bridgehead atoms. The molecule has 2 unspecified atom stereocenters. The molecule has 0 spiro atoms. The number of morpholine rings is 1. The minimum atomic E-state index is -1.02. The highest BCUT2D eigenvalue weighted by atomic mass is 19.1. The van der Waals surface area contributed by atoms with Crippen LogP contribution in [-0.4, -0.2) is 36.5 Å². The van der Waals surface area contributed by atoms with Crippen molar-refractivity contribution in [2.75, 3.05) is 19.0 Å². The second-order valence-corrected chi connectivity index (χ2v) is 5.73. The number of hydrogen-bond donors (Lipinski definition) is 1. The third-order valence-electron chi connectivity index (χ3n) is 4.04. The predicted octanol–water partition coefficient (Wildman–Crippen LogP) is 2.50. The molecule has 0 aliphatic carbocycles. The molecule has 2 aromatic carbocycles. The van der Waals surface area contributed by atoms with Crippen molar-refractivity contribution in [3.05, 3.63) is 65.7 Å². The number of halogens is 2. The van der Waals surface area contributed by atoms with Crippen molar-refractivity contribution in [3.8, 4) is 0 Å². The molecule has 2 amide bonds. The largest absolute Gasteiger partial charge is 0.356 e. The normalized spacial score (nSPS) is 20.4. The first-order chi connectivity index (χ1) is 12.0. The topological polar surface area (TPSA) is 58.6 Å². The van der Waals surface area contributed by atoms with Crippen LogP contribution in [0.5, 0.6) is 0 Å². The van der Waals surface area contributed by atoms with Gasteiger partial charge >= 0.3 is 0 Å². The number of ether oxygens (including phenoxy) is 1. The summed E-state index contributed by atoms with van der Waals surface area (Å²) in [6.45, 7) is -0.246. The monoisotopic (exact) mass is 346 g/mol. The van der Waals surface area contributed by atoms with Gasteiger partial charge in [-0.15, -0.1) is 0 Å². The van der Waals surface area contributed by atoms with Gasteiger partial charge < -0.3 is 15.0 Å². The summed E-state index contributed by atoms with van der Waals surface area (Å²) < 4.78 is 32.0. The lowest BCUT2D eigenvalue weighted by atomic mass is 9.97. The Morgan fingerprint density at radius 3 is 2.56 bits per heavy atom. The molecular weight excluding hydrogens is 330 g/mol. The number of amides is 2. The van der Waals surface area contributed by atoms with Crippen molar-refractivity contribution in [3.63, 3.8) is 0 Å². The minimum Gasteiger partial charge on any atom is -0.356 e. The van der Waals surface area contributed by atoms with E-state index in [2.05, 4.69) is 5.32 Å². The van der Waals surface area contributed by atoms with Gasteiger partial charge in [0, 0.05) is 12.7 Å². The van der Waals surface area contributed by atoms with E-state index in [1.165, 1.54) is 47.4 Å². The molecule has 2 atom stereocenters. The van der Waals surface area contributed by atoms with Crippen molar-refractivity contribution in [1.82, 2.24) is 4.90 Å². The number of nitrogens with zero attached hydrogens (tertiary/aromatic N) is 1. The van der Waals surface area contributed by atoms with Crippen molar-refractivity contribution in [2.45, 2.75) is 12.1 Å². The van der Waals surface area contributed by atoms with Gasteiger partial charge in [-0.3, -0.25) is 9.59 Å². The molecule has 3 rings (SSSR count). The van der Waals surface area contributed by atoms with Crippen molar-refractivity contribution in [2.24, 2.45) is 0 Å². The molecule has 0 radical (unpaired) electrons. The van der Waals surface area contributed by atoms with E-state index < -0.39 is 29.7 Å². The maximum atomic E-state index is 13.6. The molecule has 1 aliphatic rings. The lowest BCUT2D eigenvalue weighted by Gasteiger charge is -2.38. The fourth-order valence-electron chi connectivity index (χ4n) is 2.77. The number of carbonyl (C=O) groups excluding carboxylic acids is 2. The summed E-state index contributed by atoms with van der Waals surface area (Å²) in [5.74, 6) is -1.70. The number of benzene rings is 2. The Labute approximate surface area is 143 Å². The fourth-order valence-corrected chi connectivity index (χ4v) is 2.77. The van der Waals surface area contributed by atoms with Crippen LogP contribution in [0.15, 0.2) is 48.5 Å². The first kappa shape index (κ1) is 17.0. The van der Waals surface area contributed by atoms with Gasteiger partial charge in [-0.25, -0.2) is 8.78 Å². The van der Waals surface area contributed by atoms with E-state index in [1.807, 2.05) is 0 Å². The third-order valence-corrected chi connectivity index (χ3v) is 4.04. The van der Waals surface area contributed by atoms with Crippen LogP contribution in [0.4, 0.5) is 14.5 Å². The van der Waals surface area contributed by atoms with Crippen LogP contribution in [0.3, 0.4) is 0 Å². The Kier molecular flexibility index (Phi) is 4.76. The number of anilines is 1. The zero-order valence-electron chi connectivity index (χ0n) is 13.4. The number of rotatable bonds is 3. The quantitative estimate of drug-likeness (QED) is 0.929. The van der Waals surface area contributed by atoms with Gasteiger partial charge in [0.15, 0.2) is 6.10 Å². The van der Waals surface area contributed by atoms with E-state index in [4.69, 9.17) is 4.74 Å². The molecular formula is C18H16F2N2O3. The van der Waals surface area contributed by atoms with Crippen molar-refractivity contribution < 1.29 is 23.1 Å². The van der Waals surface area contributed by atoms with E-state index in [0.717, 1.165) is 0 Å². The Balaban J connectivity index is 1.87. The molecule has 1 aliphatic heterocycles. The molecule has 2 aromatic rings. The highest BCUT2D eigenvalue weighted by Gasteiger charge is 2.40. The predicted molar refractivity (Wildman–Crippen MR) is 86.7 cm³/mol. The number of likely N-dealkylation sites (N-methyl/N-ethyl adjacent to an activating group) is 1. The van der Waals surface area contributed by atoms with E-state index in [-0.39, 0.29) is 12.5 Å². The highest BCUT2D eigenvalue weighted by Crippen LogP contribution is 2.30. The maximum absolute atomic E-state index is 13.6. The van der Waals surface area contributed by atoms with Gasteiger partial charge in [0.1, 0.15) is 18.2 Å². The molecule has 7 heteroatoms. The molecule has 1 fully saturated rings. The SMILES string of the molecule is CN1C(=O)COC(C(=O)Nc2ccc(F)cc2)C1c1cccc(F)c1. The fraction of sp³-hybridized carbons (Fsp3) is 0.222. The summed E-state index contributed by atoms with van der Waals surface area (Å²) in [6, 6.07) is 10.2. The smallest absolute Gasteiger partial charge is 0.256 e. The average Bonchev–Trinajstić information content (AvgIpc) is 2.59. The number of nitrogens with one attached hydrogen (secondary N) is 1. The summed E-state index contributed by atoms with van der Waals surface area (Å²) in [5, 5.41) is 2.63. The van der Waals surface area contributed by atoms with Gasteiger partial charge in [0.2, 0.25) is 5.91 Å². The van der Waals surface area contributed by atoms with Crippen LogP contribution < -0.4 is 5.32 Å². The second-order valence-electron chi connectivity index (χ2n) is 5.73. The van der Waals surface area contributed by atoms with Crippen LogP contribution in [0.25, 0.3) is 0 Å². The van der Waals surface area contributed by atoms with Crippen molar-refractivity contribution in [1.29, 1.82) is 0 Å². The van der Waals surface area contributed by atoms with Gasteiger partial charge in [-0.1, -0.05) is 12.1 Å². The van der Waals surface area contributed by atoms with Crippen LogP contribution in [-0.2, 0) is 14.3 Å². The Bertz CT molecular complexity index is 795. The molecule has 0 aromatic heterocycles. The molecule has 5 nitrogen and oxygen atoms in total. The molecule has 0 saturated carbocycles. The van der Waals surface area contributed by atoms with E-state index in [0.29, 0.717) is 11.3 Å². The first-order valence-corrected chi connectivity index (χ1v) is 7.65. The van der Waals surface area contributed by atoms with E-state index in [1.54, 1.807) is 13.1 Å². The summed E-state index contributed by atoms with van der Waals surface area (Å²) in [7, 11) is 1.54. The van der Waals surface area contributed by atoms with Gasteiger partial charge in [0.25, 0.3) is 5.91 Å². The van der Waals surface area contributed by atoms with E-state index in [9.17, 15) is 18.4 Å². The Hall–Kier alpha value is -2.80.